The van der Waals surface area contributed by atoms with Crippen molar-refractivity contribution in [3.63, 3.8) is 0 Å². The van der Waals surface area contributed by atoms with Gasteiger partial charge in [-0.1, -0.05) is 12.1 Å². The van der Waals surface area contributed by atoms with E-state index in [0.29, 0.717) is 12.7 Å². The topological polar surface area (TPSA) is 41.9 Å². The minimum atomic E-state index is 0.116. The maximum Gasteiger partial charge on any atom is 0.119 e. The Labute approximate surface area is 121 Å². The fourth-order valence-electron chi connectivity index (χ4n) is 2.52. The van der Waals surface area contributed by atoms with Gasteiger partial charge in [0.25, 0.3) is 0 Å². The first kappa shape index (κ1) is 15.3. The Morgan fingerprint density at radius 1 is 1.25 bits per heavy atom. The third-order valence-electron chi connectivity index (χ3n) is 3.65. The monoisotopic (exact) mass is 279 g/mol. The van der Waals surface area contributed by atoms with Gasteiger partial charge in [-0.25, -0.2) is 0 Å². The molecule has 4 nitrogen and oxygen atoms in total. The first-order chi connectivity index (χ1) is 9.78. The second-order valence-corrected chi connectivity index (χ2v) is 5.30. The molecule has 4 heteroatoms. The summed E-state index contributed by atoms with van der Waals surface area (Å²) in [5.74, 6) is 0.950. The average Bonchev–Trinajstić information content (AvgIpc) is 2.46. The smallest absolute Gasteiger partial charge is 0.119 e. The molecule has 1 heterocycles. The highest BCUT2D eigenvalue weighted by molar-refractivity contribution is 5.27. The van der Waals surface area contributed by atoms with Gasteiger partial charge in [-0.15, -0.1) is 0 Å². The van der Waals surface area contributed by atoms with Crippen LogP contribution in [0.5, 0.6) is 5.75 Å². The molecule has 0 amide bonds. The Bertz CT molecular complexity index is 389. The van der Waals surface area contributed by atoms with Gasteiger partial charge in [-0.3, -0.25) is 4.90 Å². The lowest BCUT2D eigenvalue weighted by Crippen LogP contribution is -2.39. The molecule has 0 aromatic heterocycles. The number of aryl methyl sites for hydroxylation is 1. The summed E-state index contributed by atoms with van der Waals surface area (Å²) in [6, 6.07) is 8.16. The van der Waals surface area contributed by atoms with Gasteiger partial charge in [0.15, 0.2) is 0 Å². The van der Waals surface area contributed by atoms with Crippen molar-refractivity contribution in [2.24, 2.45) is 0 Å². The number of aliphatic hydroxyl groups excluding tert-OH is 1. The number of hydrogen-bond acceptors (Lipinski definition) is 4. The molecular formula is C16H25NO3. The lowest BCUT2D eigenvalue weighted by molar-refractivity contribution is -0.00923. The molecule has 1 aliphatic heterocycles. The number of hydrogen-bond donors (Lipinski definition) is 1. The van der Waals surface area contributed by atoms with Crippen LogP contribution in [0.4, 0.5) is 0 Å². The van der Waals surface area contributed by atoms with E-state index < -0.39 is 0 Å². The number of rotatable bonds is 7. The first-order valence-electron chi connectivity index (χ1n) is 7.42. The minimum absolute atomic E-state index is 0.116. The number of aliphatic hydroxyl groups is 1. The highest BCUT2D eigenvalue weighted by atomic mass is 16.5. The van der Waals surface area contributed by atoms with Gasteiger partial charge in [0.2, 0.25) is 0 Å². The van der Waals surface area contributed by atoms with Crippen molar-refractivity contribution in [2.75, 3.05) is 39.5 Å². The molecular weight excluding hydrogens is 254 g/mol. The van der Waals surface area contributed by atoms with Gasteiger partial charge in [0.1, 0.15) is 12.4 Å². The molecule has 112 valence electrons. The summed E-state index contributed by atoms with van der Waals surface area (Å²) in [5, 5.41) is 8.74. The third-order valence-corrected chi connectivity index (χ3v) is 3.65. The van der Waals surface area contributed by atoms with E-state index in [9.17, 15) is 0 Å². The Hall–Kier alpha value is -1.10. The zero-order valence-corrected chi connectivity index (χ0v) is 12.3. The zero-order valence-electron chi connectivity index (χ0n) is 12.3. The molecule has 1 N–H and O–H groups in total. The van der Waals surface area contributed by atoms with E-state index in [2.05, 4.69) is 24.0 Å². The summed E-state index contributed by atoms with van der Waals surface area (Å²) in [7, 11) is 0. The normalized spacial score (nSPS) is 17.3. The molecule has 0 atom stereocenters. The van der Waals surface area contributed by atoms with Gasteiger partial charge in [0.05, 0.1) is 19.3 Å². The standard InChI is InChI=1S/C16H25NO3/c1-14-3-2-4-16(13-14)19-11-9-17-7-5-15(6-8-17)20-12-10-18/h2-4,13,15,18H,5-12H2,1H3. The van der Waals surface area contributed by atoms with Gasteiger partial charge in [-0.05, 0) is 37.5 Å². The van der Waals surface area contributed by atoms with Crippen molar-refractivity contribution >= 4 is 0 Å². The van der Waals surface area contributed by atoms with Crippen LogP contribution < -0.4 is 4.74 Å². The van der Waals surface area contributed by atoms with E-state index in [0.717, 1.165) is 44.8 Å². The van der Waals surface area contributed by atoms with E-state index in [-0.39, 0.29) is 6.61 Å². The Morgan fingerprint density at radius 3 is 2.75 bits per heavy atom. The quantitative estimate of drug-likeness (QED) is 0.827. The number of piperidine rings is 1. The molecule has 1 fully saturated rings. The SMILES string of the molecule is Cc1cccc(OCCN2CCC(OCCO)CC2)c1. The van der Waals surface area contributed by atoms with E-state index in [1.54, 1.807) is 0 Å². The van der Waals surface area contributed by atoms with Crippen LogP contribution in [-0.2, 0) is 4.74 Å². The van der Waals surface area contributed by atoms with Crippen molar-refractivity contribution in [2.45, 2.75) is 25.9 Å². The van der Waals surface area contributed by atoms with E-state index >= 15 is 0 Å². The van der Waals surface area contributed by atoms with Crippen molar-refractivity contribution in [3.8, 4) is 5.75 Å². The molecule has 0 radical (unpaired) electrons. The number of ether oxygens (including phenoxy) is 2. The van der Waals surface area contributed by atoms with Crippen molar-refractivity contribution in [1.82, 2.24) is 4.90 Å². The van der Waals surface area contributed by atoms with E-state index in [1.165, 1.54) is 5.56 Å². The number of nitrogens with zero attached hydrogens (tertiary/aromatic N) is 1. The van der Waals surface area contributed by atoms with Gasteiger partial charge in [-0.2, -0.15) is 0 Å². The number of likely N-dealkylation sites (tertiary alicyclic amines) is 1. The van der Waals surface area contributed by atoms with Gasteiger partial charge < -0.3 is 14.6 Å². The Balaban J connectivity index is 1.61. The minimum Gasteiger partial charge on any atom is -0.492 e. The molecule has 1 saturated heterocycles. The molecule has 0 aliphatic carbocycles. The lowest BCUT2D eigenvalue weighted by Gasteiger charge is -2.31. The summed E-state index contributed by atoms with van der Waals surface area (Å²) in [5.41, 5.74) is 1.23. The van der Waals surface area contributed by atoms with Crippen LogP contribution in [0.25, 0.3) is 0 Å². The predicted octanol–water partition coefficient (Wildman–Crippen LogP) is 1.85. The van der Waals surface area contributed by atoms with Crippen LogP contribution in [0.2, 0.25) is 0 Å². The Morgan fingerprint density at radius 2 is 2.05 bits per heavy atom. The second kappa shape index (κ2) is 8.25. The zero-order chi connectivity index (χ0) is 14.2. The predicted molar refractivity (Wildman–Crippen MR) is 79.2 cm³/mol. The summed E-state index contributed by atoms with van der Waals surface area (Å²) in [6.07, 6.45) is 2.41. The fraction of sp³-hybridized carbons (Fsp3) is 0.625. The average molecular weight is 279 g/mol. The lowest BCUT2D eigenvalue weighted by atomic mass is 10.1. The van der Waals surface area contributed by atoms with Crippen LogP contribution in [0.3, 0.4) is 0 Å². The second-order valence-electron chi connectivity index (χ2n) is 5.30. The Kier molecular flexibility index (Phi) is 6.30. The largest absolute Gasteiger partial charge is 0.492 e. The van der Waals surface area contributed by atoms with Crippen molar-refractivity contribution in [3.05, 3.63) is 29.8 Å². The van der Waals surface area contributed by atoms with Crippen LogP contribution in [0.15, 0.2) is 24.3 Å². The van der Waals surface area contributed by atoms with Crippen LogP contribution >= 0.6 is 0 Å². The summed E-state index contributed by atoms with van der Waals surface area (Å²) >= 11 is 0. The molecule has 0 spiro atoms. The first-order valence-corrected chi connectivity index (χ1v) is 7.42. The molecule has 1 aromatic rings. The summed E-state index contributed by atoms with van der Waals surface area (Å²) < 4.78 is 11.3. The van der Waals surface area contributed by atoms with Crippen LogP contribution in [0, 0.1) is 6.92 Å². The highest BCUT2D eigenvalue weighted by Gasteiger charge is 2.19. The third kappa shape index (κ3) is 5.12. The molecule has 1 aliphatic rings. The fourth-order valence-corrected chi connectivity index (χ4v) is 2.52. The maximum absolute atomic E-state index is 8.74. The van der Waals surface area contributed by atoms with E-state index in [4.69, 9.17) is 14.6 Å². The van der Waals surface area contributed by atoms with Crippen LogP contribution in [0.1, 0.15) is 18.4 Å². The van der Waals surface area contributed by atoms with Gasteiger partial charge in [0, 0.05) is 19.6 Å². The maximum atomic E-state index is 8.74. The summed E-state index contributed by atoms with van der Waals surface area (Å²) in [4.78, 5) is 2.41. The van der Waals surface area contributed by atoms with E-state index in [1.807, 2.05) is 12.1 Å². The van der Waals surface area contributed by atoms with Crippen LogP contribution in [-0.4, -0.2) is 55.6 Å². The van der Waals surface area contributed by atoms with Gasteiger partial charge >= 0.3 is 0 Å². The molecule has 0 unspecified atom stereocenters. The molecule has 0 bridgehead atoms. The molecule has 2 rings (SSSR count). The number of benzene rings is 1. The highest BCUT2D eigenvalue weighted by Crippen LogP contribution is 2.15. The molecule has 0 saturated carbocycles. The molecule has 20 heavy (non-hydrogen) atoms. The molecule has 1 aromatic carbocycles. The summed E-state index contributed by atoms with van der Waals surface area (Å²) in [6.45, 7) is 6.43. The van der Waals surface area contributed by atoms with Crippen molar-refractivity contribution in [1.29, 1.82) is 0 Å². The van der Waals surface area contributed by atoms with Crippen molar-refractivity contribution < 1.29 is 14.6 Å².